The molecular formula is C24H24FN7. The molecule has 0 fully saturated rings. The van der Waals surface area contributed by atoms with Crippen molar-refractivity contribution < 1.29 is 4.39 Å². The Morgan fingerprint density at radius 2 is 1.91 bits per heavy atom. The zero-order valence-corrected chi connectivity index (χ0v) is 17.6. The van der Waals surface area contributed by atoms with Crippen molar-refractivity contribution >= 4 is 29.4 Å². The van der Waals surface area contributed by atoms with Gasteiger partial charge in [-0.1, -0.05) is 31.4 Å². The maximum absolute atomic E-state index is 13.9. The first-order valence-corrected chi connectivity index (χ1v) is 9.72. The van der Waals surface area contributed by atoms with Gasteiger partial charge in [0, 0.05) is 48.3 Å². The quantitative estimate of drug-likeness (QED) is 0.281. The van der Waals surface area contributed by atoms with Crippen molar-refractivity contribution in [2.45, 2.75) is 0 Å². The van der Waals surface area contributed by atoms with Crippen molar-refractivity contribution in [3.05, 3.63) is 97.4 Å². The van der Waals surface area contributed by atoms with Gasteiger partial charge in [0.25, 0.3) is 0 Å². The van der Waals surface area contributed by atoms with Crippen LogP contribution in [0.5, 0.6) is 0 Å². The lowest BCUT2D eigenvalue weighted by Crippen LogP contribution is -2.09. The molecule has 7 nitrogen and oxygen atoms in total. The fraction of sp³-hybridized carbons (Fsp3) is 0.0417. The van der Waals surface area contributed by atoms with Crippen LogP contribution in [0, 0.1) is 5.82 Å². The summed E-state index contributed by atoms with van der Waals surface area (Å²) in [5.41, 5.74) is 9.69. The number of aromatic nitrogens is 2. The van der Waals surface area contributed by atoms with Crippen molar-refractivity contribution in [1.29, 1.82) is 0 Å². The lowest BCUT2D eigenvalue weighted by molar-refractivity contribution is 0.628. The van der Waals surface area contributed by atoms with Crippen LogP contribution in [0.3, 0.4) is 0 Å². The predicted molar refractivity (Wildman–Crippen MR) is 130 cm³/mol. The van der Waals surface area contributed by atoms with Crippen LogP contribution in [0.1, 0.15) is 0 Å². The van der Waals surface area contributed by atoms with Crippen LogP contribution in [0.15, 0.2) is 96.5 Å². The van der Waals surface area contributed by atoms with Crippen LogP contribution in [0.25, 0.3) is 11.1 Å². The number of halogens is 1. The summed E-state index contributed by atoms with van der Waals surface area (Å²) in [6.07, 6.45) is 6.17. The molecule has 0 spiro atoms. The average molecular weight is 430 g/mol. The number of hydrogen-bond donors (Lipinski definition) is 4. The minimum atomic E-state index is -0.350. The van der Waals surface area contributed by atoms with Crippen LogP contribution >= 0.6 is 0 Å². The summed E-state index contributed by atoms with van der Waals surface area (Å²) in [5.74, 6) is 0.438. The molecule has 0 unspecified atom stereocenters. The highest BCUT2D eigenvalue weighted by Gasteiger charge is 2.12. The van der Waals surface area contributed by atoms with E-state index in [1.54, 1.807) is 37.7 Å². The monoisotopic (exact) mass is 429 g/mol. The first-order valence-electron chi connectivity index (χ1n) is 9.72. The van der Waals surface area contributed by atoms with Gasteiger partial charge in [0.05, 0.1) is 5.70 Å². The Hall–Kier alpha value is -4.46. The summed E-state index contributed by atoms with van der Waals surface area (Å²) in [6, 6.07) is 13.8. The fourth-order valence-corrected chi connectivity index (χ4v) is 2.84. The van der Waals surface area contributed by atoms with Crippen LogP contribution in [-0.2, 0) is 0 Å². The van der Waals surface area contributed by atoms with Gasteiger partial charge in [0.15, 0.2) is 0 Å². The Labute approximate surface area is 186 Å². The van der Waals surface area contributed by atoms with Gasteiger partial charge >= 0.3 is 0 Å². The third kappa shape index (κ3) is 5.79. The zero-order valence-electron chi connectivity index (χ0n) is 17.6. The molecule has 5 N–H and O–H groups in total. The van der Waals surface area contributed by atoms with Crippen molar-refractivity contribution in [3.8, 4) is 11.1 Å². The molecule has 0 aliphatic carbocycles. The third-order valence-corrected chi connectivity index (χ3v) is 4.30. The van der Waals surface area contributed by atoms with Gasteiger partial charge < -0.3 is 21.7 Å². The lowest BCUT2D eigenvalue weighted by Gasteiger charge is -2.14. The smallest absolute Gasteiger partial charge is 0.229 e. The second-order valence-electron chi connectivity index (χ2n) is 6.66. The van der Waals surface area contributed by atoms with Gasteiger partial charge in [0.2, 0.25) is 5.95 Å². The molecule has 8 heteroatoms. The molecule has 0 aliphatic heterocycles. The van der Waals surface area contributed by atoms with Crippen molar-refractivity contribution in [1.82, 2.24) is 9.97 Å². The number of hydrogen-bond acceptors (Lipinski definition) is 7. The molecule has 0 saturated carbocycles. The summed E-state index contributed by atoms with van der Waals surface area (Å²) in [7, 11) is 1.63. The SMILES string of the molecule is C=CC(=C)Nc1cccc(Nc2nc(N/C(C=NC)=C/N)ncc2-c2cccc(F)c2)c1. The topological polar surface area (TPSA) is 100 Å². The Kier molecular flexibility index (Phi) is 7.32. The van der Waals surface area contributed by atoms with Gasteiger partial charge in [-0.05, 0) is 42.0 Å². The van der Waals surface area contributed by atoms with Crippen LogP contribution in [0.2, 0.25) is 0 Å². The van der Waals surface area contributed by atoms with E-state index < -0.39 is 0 Å². The minimum Gasteiger partial charge on any atom is -0.403 e. The molecule has 1 heterocycles. The third-order valence-electron chi connectivity index (χ3n) is 4.30. The average Bonchev–Trinajstić information content (AvgIpc) is 2.79. The van der Waals surface area contributed by atoms with Crippen molar-refractivity contribution in [2.75, 3.05) is 23.0 Å². The number of rotatable bonds is 9. The molecule has 0 aliphatic rings. The van der Waals surface area contributed by atoms with E-state index in [4.69, 9.17) is 5.73 Å². The molecular weight excluding hydrogens is 405 g/mol. The van der Waals surface area contributed by atoms with Gasteiger partial charge in [-0.25, -0.2) is 9.37 Å². The summed E-state index contributed by atoms with van der Waals surface area (Å²) in [4.78, 5) is 12.9. The molecule has 0 amide bonds. The first-order chi connectivity index (χ1) is 15.5. The van der Waals surface area contributed by atoms with E-state index in [1.807, 2.05) is 24.3 Å². The Bertz CT molecular complexity index is 1180. The Balaban J connectivity index is 2.00. The van der Waals surface area contributed by atoms with Gasteiger partial charge in [-0.3, -0.25) is 4.99 Å². The standard InChI is InChI=1S/C24H24FN7/c1-4-16(2)29-19-9-6-10-20(12-19)30-23-22(17-7-5-8-18(25)11-17)15-28-24(32-23)31-21(13-26)14-27-3/h4-15,29H,1-2,26H2,3H3,(H2,28,30,31,32)/b21-13+,27-14?. The van der Waals surface area contributed by atoms with E-state index in [2.05, 4.69) is 44.1 Å². The predicted octanol–water partition coefficient (Wildman–Crippen LogP) is 5.05. The Morgan fingerprint density at radius 1 is 1.12 bits per heavy atom. The molecule has 3 aromatic rings. The molecule has 32 heavy (non-hydrogen) atoms. The number of allylic oxidation sites excluding steroid dienone is 2. The molecule has 3 rings (SSSR count). The maximum atomic E-state index is 13.9. The summed E-state index contributed by atoms with van der Waals surface area (Å²) in [5, 5.41) is 9.45. The van der Waals surface area contributed by atoms with E-state index in [1.165, 1.54) is 18.3 Å². The number of nitrogens with zero attached hydrogens (tertiary/aromatic N) is 3. The van der Waals surface area contributed by atoms with E-state index in [0.717, 1.165) is 11.4 Å². The highest BCUT2D eigenvalue weighted by molar-refractivity contribution is 5.83. The number of anilines is 4. The van der Waals surface area contributed by atoms with Crippen molar-refractivity contribution in [2.24, 2.45) is 10.7 Å². The highest BCUT2D eigenvalue weighted by Crippen LogP contribution is 2.30. The van der Waals surface area contributed by atoms with Gasteiger partial charge in [0.1, 0.15) is 11.6 Å². The largest absolute Gasteiger partial charge is 0.403 e. The molecule has 0 saturated heterocycles. The molecule has 0 atom stereocenters. The fourth-order valence-electron chi connectivity index (χ4n) is 2.84. The Morgan fingerprint density at radius 3 is 2.62 bits per heavy atom. The van der Waals surface area contributed by atoms with E-state index in [0.29, 0.717) is 34.3 Å². The second-order valence-corrected chi connectivity index (χ2v) is 6.66. The number of nitrogens with two attached hydrogens (primary N) is 1. The molecule has 1 aromatic heterocycles. The van der Waals surface area contributed by atoms with E-state index >= 15 is 0 Å². The van der Waals surface area contributed by atoms with Crippen LogP contribution in [0.4, 0.5) is 27.5 Å². The number of aliphatic imine (C=N–C) groups is 1. The van der Waals surface area contributed by atoms with E-state index in [-0.39, 0.29) is 5.82 Å². The summed E-state index contributed by atoms with van der Waals surface area (Å²) >= 11 is 0. The van der Waals surface area contributed by atoms with Gasteiger partial charge in [-0.2, -0.15) is 4.98 Å². The van der Waals surface area contributed by atoms with Crippen LogP contribution in [-0.4, -0.2) is 23.2 Å². The molecule has 0 radical (unpaired) electrons. The lowest BCUT2D eigenvalue weighted by atomic mass is 10.1. The molecule has 2 aromatic carbocycles. The van der Waals surface area contributed by atoms with Crippen molar-refractivity contribution in [3.63, 3.8) is 0 Å². The minimum absolute atomic E-state index is 0.304. The zero-order chi connectivity index (χ0) is 22.9. The number of benzene rings is 2. The highest BCUT2D eigenvalue weighted by atomic mass is 19.1. The normalized spacial score (nSPS) is 11.2. The maximum Gasteiger partial charge on any atom is 0.229 e. The molecule has 0 bridgehead atoms. The van der Waals surface area contributed by atoms with E-state index in [9.17, 15) is 4.39 Å². The van der Waals surface area contributed by atoms with Crippen LogP contribution < -0.4 is 21.7 Å². The van der Waals surface area contributed by atoms with Gasteiger partial charge in [-0.15, -0.1) is 0 Å². The second kappa shape index (κ2) is 10.5. The summed E-state index contributed by atoms with van der Waals surface area (Å²) < 4.78 is 13.9. The molecule has 162 valence electrons. The summed E-state index contributed by atoms with van der Waals surface area (Å²) in [6.45, 7) is 7.56. The first kappa shape index (κ1) is 22.2. The number of nitrogens with one attached hydrogen (secondary N) is 3.